The number of nitrogens with two attached hydrogens (primary N) is 1. The summed E-state index contributed by atoms with van der Waals surface area (Å²) in [5.74, 6) is 0. The maximum absolute atomic E-state index is 12.3. The number of anilines is 2. The lowest BCUT2D eigenvalue weighted by atomic mass is 10.2. The molecule has 128 valence electrons. The van der Waals surface area contributed by atoms with Gasteiger partial charge in [-0.1, -0.05) is 36.2 Å². The number of nitrogens with zero attached hydrogens (tertiary/aromatic N) is 1. The molecular weight excluding hydrogens is 349 g/mol. The van der Waals surface area contributed by atoms with Gasteiger partial charge in [-0.15, -0.1) is 0 Å². The smallest absolute Gasteiger partial charge is 0.429 e. The lowest BCUT2D eigenvalue weighted by Crippen LogP contribution is -2.43. The molecule has 2 aromatic carbocycles. The van der Waals surface area contributed by atoms with E-state index >= 15 is 0 Å². The van der Waals surface area contributed by atoms with Gasteiger partial charge in [-0.3, -0.25) is 0 Å². The van der Waals surface area contributed by atoms with Crippen molar-refractivity contribution in [3.8, 4) is 0 Å². The van der Waals surface area contributed by atoms with Gasteiger partial charge in [-0.2, -0.15) is 0 Å². The highest BCUT2D eigenvalue weighted by molar-refractivity contribution is 6.34. The molecule has 0 spiro atoms. The largest absolute Gasteiger partial charge is 0.448 e. The maximum atomic E-state index is 12.3. The van der Waals surface area contributed by atoms with Crippen molar-refractivity contribution < 1.29 is 9.53 Å². The van der Waals surface area contributed by atoms with Gasteiger partial charge >= 0.3 is 6.09 Å². The minimum atomic E-state index is -0.504. The Kier molecular flexibility index (Phi) is 6.73. The van der Waals surface area contributed by atoms with E-state index < -0.39 is 6.09 Å². The zero-order chi connectivity index (χ0) is 17.5. The molecule has 0 atom stereocenters. The minimum Gasteiger partial charge on any atom is -0.448 e. The number of ether oxygens (including phenoxy) is 1. The van der Waals surface area contributed by atoms with Crippen molar-refractivity contribution in [3.05, 3.63) is 58.1 Å². The summed E-state index contributed by atoms with van der Waals surface area (Å²) in [7, 11) is 0. The summed E-state index contributed by atoms with van der Waals surface area (Å²) in [5, 5.41) is 2.38. The molecule has 0 aliphatic heterocycles. The number of nitrogens with one attached hydrogen (secondary N) is 1. The molecule has 0 aliphatic carbocycles. The van der Waals surface area contributed by atoms with E-state index in [2.05, 4.69) is 5.43 Å². The van der Waals surface area contributed by atoms with Crippen molar-refractivity contribution in [1.82, 2.24) is 5.43 Å². The topological polar surface area (TPSA) is 67.6 Å². The normalized spacial score (nSPS) is 10.5. The Morgan fingerprint density at radius 1 is 1.21 bits per heavy atom. The highest BCUT2D eigenvalue weighted by Gasteiger charge is 2.17. The van der Waals surface area contributed by atoms with Gasteiger partial charge in [0.1, 0.15) is 0 Å². The lowest BCUT2D eigenvalue weighted by molar-refractivity contribution is 0.150. The van der Waals surface area contributed by atoms with Crippen LogP contribution in [0.2, 0.25) is 10.0 Å². The molecule has 0 saturated carbocycles. The number of carbonyl (C=O) groups is 1. The molecule has 2 rings (SSSR count). The fourth-order valence-corrected chi connectivity index (χ4v) is 2.63. The standard InChI is InChI=1S/C17H19Cl2N3O2/c1-2-6-24-17(23)22(16-5-3-4-15(20)10-16)21-11-12-7-13(18)9-14(19)8-12/h3-5,7-10,21H,2,6,11,20H2,1H3. The number of rotatable bonds is 6. The Balaban J connectivity index is 2.17. The minimum absolute atomic E-state index is 0.336. The Labute approximate surface area is 151 Å². The van der Waals surface area contributed by atoms with E-state index in [1.165, 1.54) is 5.01 Å². The van der Waals surface area contributed by atoms with Gasteiger partial charge in [0.2, 0.25) is 0 Å². The lowest BCUT2D eigenvalue weighted by Gasteiger charge is -2.23. The highest BCUT2D eigenvalue weighted by atomic mass is 35.5. The van der Waals surface area contributed by atoms with Gasteiger partial charge in [-0.05, 0) is 48.4 Å². The van der Waals surface area contributed by atoms with Crippen molar-refractivity contribution in [2.45, 2.75) is 19.9 Å². The van der Waals surface area contributed by atoms with Crippen LogP contribution in [0.25, 0.3) is 0 Å². The van der Waals surface area contributed by atoms with Crippen LogP contribution in [-0.2, 0) is 11.3 Å². The van der Waals surface area contributed by atoms with Crippen LogP contribution in [0.5, 0.6) is 0 Å². The number of hydrazine groups is 1. The van der Waals surface area contributed by atoms with Gasteiger partial charge in [0.25, 0.3) is 0 Å². The fraction of sp³-hybridized carbons (Fsp3) is 0.235. The average Bonchev–Trinajstić information content (AvgIpc) is 2.52. The van der Waals surface area contributed by atoms with Crippen molar-refractivity contribution in [2.75, 3.05) is 17.3 Å². The molecule has 0 heterocycles. The van der Waals surface area contributed by atoms with Gasteiger partial charge in [-0.25, -0.2) is 15.2 Å². The number of benzene rings is 2. The molecule has 0 bridgehead atoms. The Morgan fingerprint density at radius 3 is 2.54 bits per heavy atom. The average molecular weight is 368 g/mol. The number of nitrogen functional groups attached to an aromatic ring is 1. The summed E-state index contributed by atoms with van der Waals surface area (Å²) in [5.41, 5.74) is 10.8. The van der Waals surface area contributed by atoms with Crippen LogP contribution in [0, 0.1) is 0 Å². The monoisotopic (exact) mass is 367 g/mol. The summed E-state index contributed by atoms with van der Waals surface area (Å²) in [6.07, 6.45) is 0.232. The van der Waals surface area contributed by atoms with E-state index in [4.69, 9.17) is 33.7 Å². The number of amides is 1. The molecule has 7 heteroatoms. The fourth-order valence-electron chi connectivity index (χ4n) is 2.06. The molecule has 0 radical (unpaired) electrons. The van der Waals surface area contributed by atoms with Crippen molar-refractivity contribution >= 4 is 40.7 Å². The third kappa shape index (κ3) is 5.30. The van der Waals surface area contributed by atoms with Crippen LogP contribution in [-0.4, -0.2) is 12.7 Å². The molecule has 24 heavy (non-hydrogen) atoms. The highest BCUT2D eigenvalue weighted by Crippen LogP contribution is 2.20. The van der Waals surface area contributed by atoms with Crippen LogP contribution in [0.3, 0.4) is 0 Å². The third-order valence-corrected chi connectivity index (χ3v) is 3.54. The van der Waals surface area contributed by atoms with E-state index in [9.17, 15) is 4.79 Å². The van der Waals surface area contributed by atoms with Crippen molar-refractivity contribution in [3.63, 3.8) is 0 Å². The molecule has 2 aromatic rings. The summed E-state index contributed by atoms with van der Waals surface area (Å²) in [6, 6.07) is 12.2. The summed E-state index contributed by atoms with van der Waals surface area (Å²) < 4.78 is 5.22. The summed E-state index contributed by atoms with van der Waals surface area (Å²) in [4.78, 5) is 12.3. The van der Waals surface area contributed by atoms with E-state index in [-0.39, 0.29) is 0 Å². The second-order valence-electron chi connectivity index (χ2n) is 5.16. The maximum Gasteiger partial charge on any atom is 0.429 e. The first-order chi connectivity index (χ1) is 11.5. The molecule has 0 unspecified atom stereocenters. The van der Waals surface area contributed by atoms with E-state index in [0.29, 0.717) is 34.6 Å². The molecule has 0 aromatic heterocycles. The second-order valence-corrected chi connectivity index (χ2v) is 6.03. The first-order valence-corrected chi connectivity index (χ1v) is 8.26. The number of carbonyl (C=O) groups excluding carboxylic acids is 1. The quantitative estimate of drug-likeness (QED) is 0.576. The molecule has 0 fully saturated rings. The van der Waals surface area contributed by atoms with Crippen LogP contribution < -0.4 is 16.2 Å². The molecule has 0 saturated heterocycles. The SMILES string of the molecule is CCCOC(=O)N(NCc1cc(Cl)cc(Cl)c1)c1cccc(N)c1. The van der Waals surface area contributed by atoms with Gasteiger partial charge < -0.3 is 10.5 Å². The third-order valence-electron chi connectivity index (χ3n) is 3.10. The zero-order valence-electron chi connectivity index (χ0n) is 13.3. The predicted octanol–water partition coefficient (Wildman–Crippen LogP) is 4.63. The number of halogens is 2. The predicted molar refractivity (Wildman–Crippen MR) is 98.3 cm³/mol. The zero-order valence-corrected chi connectivity index (χ0v) is 14.8. The van der Waals surface area contributed by atoms with Crippen molar-refractivity contribution in [1.29, 1.82) is 0 Å². The van der Waals surface area contributed by atoms with Gasteiger partial charge in [0.05, 0.1) is 12.3 Å². The summed E-state index contributed by atoms with van der Waals surface area (Å²) in [6.45, 7) is 2.61. The molecule has 5 nitrogen and oxygen atoms in total. The first kappa shape index (κ1) is 18.4. The second kappa shape index (κ2) is 8.78. The Morgan fingerprint density at radius 2 is 1.92 bits per heavy atom. The number of hydrogen-bond donors (Lipinski definition) is 2. The van der Waals surface area contributed by atoms with E-state index in [1.54, 1.807) is 42.5 Å². The van der Waals surface area contributed by atoms with Crippen LogP contribution in [0.15, 0.2) is 42.5 Å². The van der Waals surface area contributed by atoms with Gasteiger partial charge in [0, 0.05) is 22.3 Å². The van der Waals surface area contributed by atoms with Crippen LogP contribution in [0.4, 0.5) is 16.2 Å². The number of hydrogen-bond acceptors (Lipinski definition) is 4. The molecular formula is C17H19Cl2N3O2. The van der Waals surface area contributed by atoms with E-state index in [1.807, 2.05) is 6.92 Å². The van der Waals surface area contributed by atoms with Gasteiger partial charge in [0.15, 0.2) is 0 Å². The van der Waals surface area contributed by atoms with Crippen molar-refractivity contribution in [2.24, 2.45) is 0 Å². The summed E-state index contributed by atoms with van der Waals surface area (Å²) >= 11 is 12.0. The van der Waals surface area contributed by atoms with E-state index in [0.717, 1.165) is 12.0 Å². The Bertz CT molecular complexity index is 690. The molecule has 3 N–H and O–H groups in total. The Hall–Kier alpha value is -1.95. The van der Waals surface area contributed by atoms with Crippen LogP contribution >= 0.6 is 23.2 Å². The van der Waals surface area contributed by atoms with Crippen LogP contribution in [0.1, 0.15) is 18.9 Å². The first-order valence-electron chi connectivity index (χ1n) is 7.50. The molecule has 0 aliphatic rings. The molecule has 1 amide bonds.